The average Bonchev–Trinajstić information content (AvgIpc) is 2.94. The molecule has 1 fully saturated rings. The third kappa shape index (κ3) is 2.75. The first-order valence-corrected chi connectivity index (χ1v) is 7.60. The van der Waals surface area contributed by atoms with Crippen molar-refractivity contribution in [3.8, 4) is 0 Å². The molecular weight excluding hydrogens is 260 g/mol. The summed E-state index contributed by atoms with van der Waals surface area (Å²) in [6, 6.07) is 0.680. The highest BCUT2D eigenvalue weighted by Crippen LogP contribution is 2.26. The van der Waals surface area contributed by atoms with Crippen LogP contribution in [0.15, 0.2) is 11.6 Å². The van der Waals surface area contributed by atoms with Crippen molar-refractivity contribution in [2.75, 3.05) is 18.5 Å². The number of likely N-dealkylation sites (N-methyl/N-ethyl adjacent to an activating group) is 1. The highest BCUT2D eigenvalue weighted by atomic mass is 32.1. The number of imidazole rings is 1. The predicted molar refractivity (Wildman–Crippen MR) is 77.9 cm³/mol. The zero-order chi connectivity index (χ0) is 13.4. The minimum atomic E-state index is -0.353. The maximum Gasteiger partial charge on any atom is 0.195 e. The van der Waals surface area contributed by atoms with Crippen LogP contribution in [0.25, 0.3) is 4.96 Å². The molecule has 2 aromatic rings. The average molecular weight is 280 g/mol. The quantitative estimate of drug-likeness (QED) is 0.841. The predicted octanol–water partition coefficient (Wildman–Crippen LogP) is 1.46. The molecule has 0 aromatic carbocycles. The van der Waals surface area contributed by atoms with E-state index in [9.17, 15) is 5.11 Å². The molecule has 0 amide bonds. The van der Waals surface area contributed by atoms with Crippen LogP contribution in [0.3, 0.4) is 0 Å². The van der Waals surface area contributed by atoms with Gasteiger partial charge < -0.3 is 15.3 Å². The van der Waals surface area contributed by atoms with E-state index in [1.807, 2.05) is 11.9 Å². The van der Waals surface area contributed by atoms with E-state index >= 15 is 0 Å². The number of hydrogen-bond donors (Lipinski definition) is 2. The van der Waals surface area contributed by atoms with E-state index in [-0.39, 0.29) is 6.10 Å². The second-order valence-electron chi connectivity index (χ2n) is 5.32. The molecule has 0 aliphatic heterocycles. The van der Waals surface area contributed by atoms with Crippen molar-refractivity contribution in [2.45, 2.75) is 38.5 Å². The van der Waals surface area contributed by atoms with Gasteiger partial charge >= 0.3 is 0 Å². The normalized spacial score (nSPS) is 17.0. The highest BCUT2D eigenvalue weighted by Gasteiger charge is 2.23. The SMILES string of the molecule is CC(O)CN(C)c1nc2sccn2c1CNC1CC1. The van der Waals surface area contributed by atoms with Gasteiger partial charge in [0, 0.05) is 37.8 Å². The molecule has 104 valence electrons. The van der Waals surface area contributed by atoms with E-state index in [0.29, 0.717) is 12.6 Å². The van der Waals surface area contributed by atoms with Gasteiger partial charge in [0.05, 0.1) is 11.8 Å². The van der Waals surface area contributed by atoms with Gasteiger partial charge in [0.2, 0.25) is 0 Å². The molecule has 3 rings (SSSR count). The molecule has 0 saturated heterocycles. The monoisotopic (exact) mass is 280 g/mol. The van der Waals surface area contributed by atoms with Crippen molar-refractivity contribution in [1.29, 1.82) is 0 Å². The van der Waals surface area contributed by atoms with Crippen LogP contribution < -0.4 is 10.2 Å². The third-order valence-corrected chi connectivity index (χ3v) is 4.13. The molecule has 1 atom stereocenters. The van der Waals surface area contributed by atoms with Crippen LogP contribution >= 0.6 is 11.3 Å². The summed E-state index contributed by atoms with van der Waals surface area (Å²) in [5.74, 6) is 0.973. The lowest BCUT2D eigenvalue weighted by molar-refractivity contribution is 0.201. The zero-order valence-electron chi connectivity index (χ0n) is 11.3. The van der Waals surface area contributed by atoms with Crippen molar-refractivity contribution in [1.82, 2.24) is 14.7 Å². The Balaban J connectivity index is 1.87. The van der Waals surface area contributed by atoms with Gasteiger partial charge in [-0.05, 0) is 19.8 Å². The first-order valence-electron chi connectivity index (χ1n) is 6.72. The molecule has 0 bridgehead atoms. The zero-order valence-corrected chi connectivity index (χ0v) is 12.2. The van der Waals surface area contributed by atoms with Crippen LogP contribution in [0.1, 0.15) is 25.5 Å². The minimum Gasteiger partial charge on any atom is -0.392 e. The van der Waals surface area contributed by atoms with Crippen LogP contribution in [0.4, 0.5) is 5.82 Å². The summed E-state index contributed by atoms with van der Waals surface area (Å²) in [5.41, 5.74) is 1.19. The summed E-state index contributed by atoms with van der Waals surface area (Å²) in [7, 11) is 1.99. The van der Waals surface area contributed by atoms with Crippen molar-refractivity contribution >= 4 is 22.1 Å². The van der Waals surface area contributed by atoms with Crippen molar-refractivity contribution in [3.63, 3.8) is 0 Å². The second-order valence-corrected chi connectivity index (χ2v) is 6.20. The van der Waals surface area contributed by atoms with Crippen molar-refractivity contribution in [3.05, 3.63) is 17.3 Å². The molecule has 1 saturated carbocycles. The molecule has 2 aromatic heterocycles. The number of fused-ring (bicyclic) bond motifs is 1. The van der Waals surface area contributed by atoms with E-state index in [1.54, 1.807) is 18.3 Å². The molecule has 6 heteroatoms. The number of aliphatic hydroxyl groups excluding tert-OH is 1. The first-order chi connectivity index (χ1) is 9.15. The Hall–Kier alpha value is -1.11. The Bertz CT molecular complexity index is 558. The lowest BCUT2D eigenvalue weighted by Crippen LogP contribution is -2.29. The van der Waals surface area contributed by atoms with Gasteiger partial charge in [-0.3, -0.25) is 4.40 Å². The van der Waals surface area contributed by atoms with Gasteiger partial charge in [-0.25, -0.2) is 4.98 Å². The molecule has 2 heterocycles. The van der Waals surface area contributed by atoms with Crippen molar-refractivity contribution in [2.24, 2.45) is 0 Å². The smallest absolute Gasteiger partial charge is 0.195 e. The molecule has 1 aliphatic rings. The van der Waals surface area contributed by atoms with Crippen LogP contribution in [-0.2, 0) is 6.54 Å². The summed E-state index contributed by atoms with van der Waals surface area (Å²) in [4.78, 5) is 7.73. The van der Waals surface area contributed by atoms with Gasteiger partial charge in [0.25, 0.3) is 0 Å². The van der Waals surface area contributed by atoms with Gasteiger partial charge in [-0.1, -0.05) is 0 Å². The summed E-state index contributed by atoms with van der Waals surface area (Å²) < 4.78 is 2.15. The van der Waals surface area contributed by atoms with Crippen LogP contribution in [0.5, 0.6) is 0 Å². The molecule has 5 nitrogen and oxygen atoms in total. The minimum absolute atomic E-state index is 0.353. The fourth-order valence-corrected chi connectivity index (χ4v) is 3.03. The number of nitrogens with zero attached hydrogens (tertiary/aromatic N) is 3. The maximum absolute atomic E-state index is 9.54. The van der Waals surface area contributed by atoms with E-state index in [0.717, 1.165) is 17.3 Å². The fraction of sp³-hybridized carbons (Fsp3) is 0.615. The fourth-order valence-electron chi connectivity index (χ4n) is 2.30. The molecule has 1 unspecified atom stereocenters. The van der Waals surface area contributed by atoms with Gasteiger partial charge in [0.1, 0.15) is 0 Å². The Kier molecular flexibility index (Phi) is 3.47. The summed E-state index contributed by atoms with van der Waals surface area (Å²) in [6.45, 7) is 3.24. The van der Waals surface area contributed by atoms with Crippen LogP contribution in [0.2, 0.25) is 0 Å². The Morgan fingerprint density at radius 3 is 3.11 bits per heavy atom. The lowest BCUT2D eigenvalue weighted by Gasteiger charge is -2.20. The van der Waals surface area contributed by atoms with Gasteiger partial charge in [-0.2, -0.15) is 0 Å². The number of thiazole rings is 1. The first kappa shape index (κ1) is 12.9. The molecule has 0 spiro atoms. The lowest BCUT2D eigenvalue weighted by atomic mass is 10.3. The molecule has 0 radical (unpaired) electrons. The molecule has 19 heavy (non-hydrogen) atoms. The van der Waals surface area contributed by atoms with E-state index < -0.39 is 0 Å². The Morgan fingerprint density at radius 2 is 2.42 bits per heavy atom. The summed E-state index contributed by atoms with van der Waals surface area (Å²) in [5, 5.41) is 15.1. The maximum atomic E-state index is 9.54. The molecule has 1 aliphatic carbocycles. The van der Waals surface area contributed by atoms with E-state index in [1.165, 1.54) is 18.5 Å². The third-order valence-electron chi connectivity index (χ3n) is 3.38. The highest BCUT2D eigenvalue weighted by molar-refractivity contribution is 7.15. The van der Waals surface area contributed by atoms with E-state index in [2.05, 4.69) is 26.3 Å². The Labute approximate surface area is 116 Å². The number of aliphatic hydroxyl groups is 1. The number of hydrogen-bond acceptors (Lipinski definition) is 5. The Morgan fingerprint density at radius 1 is 1.63 bits per heavy atom. The summed E-state index contributed by atoms with van der Waals surface area (Å²) >= 11 is 1.64. The molecular formula is C13H20N4OS. The topological polar surface area (TPSA) is 52.8 Å². The van der Waals surface area contributed by atoms with Crippen LogP contribution in [-0.4, -0.2) is 40.2 Å². The number of aromatic nitrogens is 2. The number of anilines is 1. The van der Waals surface area contributed by atoms with Crippen molar-refractivity contribution < 1.29 is 5.11 Å². The standard InChI is InChI=1S/C13H20N4OS/c1-9(18)8-16(2)12-11(7-14-10-3-4-10)17-5-6-19-13(17)15-12/h5-6,9-10,14,18H,3-4,7-8H2,1-2H3. The van der Waals surface area contributed by atoms with Crippen LogP contribution in [0, 0.1) is 0 Å². The van der Waals surface area contributed by atoms with Gasteiger partial charge in [-0.15, -0.1) is 11.3 Å². The van der Waals surface area contributed by atoms with E-state index in [4.69, 9.17) is 0 Å². The largest absolute Gasteiger partial charge is 0.392 e. The summed E-state index contributed by atoms with van der Waals surface area (Å²) in [6.07, 6.45) is 4.28. The number of nitrogens with one attached hydrogen (secondary N) is 1. The van der Waals surface area contributed by atoms with Gasteiger partial charge in [0.15, 0.2) is 10.8 Å². The number of rotatable bonds is 6. The second kappa shape index (κ2) is 5.11. The molecule has 2 N–H and O–H groups in total.